The second-order valence-corrected chi connectivity index (χ2v) is 4.24. The minimum Gasteiger partial charge on any atom is -0.345 e. The molecule has 0 saturated heterocycles. The van der Waals surface area contributed by atoms with Crippen LogP contribution in [0.4, 0.5) is 0 Å². The van der Waals surface area contributed by atoms with E-state index in [0.29, 0.717) is 11.1 Å². The molecule has 0 bridgehead atoms. The molecular formula is C14H26N2O2. The summed E-state index contributed by atoms with van der Waals surface area (Å²) in [5.41, 5.74) is 1.19. The van der Waals surface area contributed by atoms with Gasteiger partial charge >= 0.3 is 0 Å². The molecule has 0 aliphatic carbocycles. The van der Waals surface area contributed by atoms with Gasteiger partial charge in [-0.3, -0.25) is 9.59 Å². The summed E-state index contributed by atoms with van der Waals surface area (Å²) in [6.45, 7) is 16.0. The number of likely N-dealkylation sites (N-methyl/N-ethyl adjacent to an activating group) is 2. The van der Waals surface area contributed by atoms with Crippen molar-refractivity contribution in [1.29, 1.82) is 0 Å². The maximum Gasteiger partial charge on any atom is 0.248 e. The molecule has 0 radical (unpaired) electrons. The Morgan fingerprint density at radius 2 is 1.22 bits per heavy atom. The monoisotopic (exact) mass is 254 g/mol. The number of hydrogen-bond acceptors (Lipinski definition) is 2. The Hall–Kier alpha value is -1.58. The summed E-state index contributed by atoms with van der Waals surface area (Å²) in [5, 5.41) is 0. The second-order valence-electron chi connectivity index (χ2n) is 4.24. The van der Waals surface area contributed by atoms with Gasteiger partial charge in [0.05, 0.1) is 0 Å². The Bertz CT molecular complexity index is 316. The van der Waals surface area contributed by atoms with Gasteiger partial charge in [-0.05, 0) is 27.7 Å². The van der Waals surface area contributed by atoms with Crippen molar-refractivity contribution in [1.82, 2.24) is 9.80 Å². The third kappa shape index (κ3) is 7.65. The van der Waals surface area contributed by atoms with Crippen LogP contribution in [0.2, 0.25) is 0 Å². The van der Waals surface area contributed by atoms with Crippen molar-refractivity contribution >= 4 is 11.8 Å². The van der Waals surface area contributed by atoms with Crippen molar-refractivity contribution in [2.75, 3.05) is 27.2 Å². The van der Waals surface area contributed by atoms with E-state index in [0.717, 1.165) is 13.1 Å². The highest BCUT2D eigenvalue weighted by atomic mass is 16.2. The minimum atomic E-state index is -0.00926. The summed E-state index contributed by atoms with van der Waals surface area (Å²) < 4.78 is 0. The van der Waals surface area contributed by atoms with Crippen LogP contribution in [0.1, 0.15) is 27.7 Å². The van der Waals surface area contributed by atoms with E-state index in [1.807, 2.05) is 13.8 Å². The van der Waals surface area contributed by atoms with Gasteiger partial charge in [0.25, 0.3) is 0 Å². The molecule has 0 saturated carbocycles. The van der Waals surface area contributed by atoms with Crippen molar-refractivity contribution in [2.45, 2.75) is 27.7 Å². The standard InChI is InChI=1S/C8H15NO.C6H11NO/c1-5-9(6-2)8(10)7(3)4;1-5(2)6(8)7(3)4/h3,5-6H2,1-2,4H3;1H2,2-4H3. The molecule has 18 heavy (non-hydrogen) atoms. The van der Waals surface area contributed by atoms with Crippen molar-refractivity contribution in [2.24, 2.45) is 0 Å². The highest BCUT2D eigenvalue weighted by Gasteiger charge is 2.08. The first-order chi connectivity index (χ1) is 8.18. The fourth-order valence-electron chi connectivity index (χ4n) is 1.16. The van der Waals surface area contributed by atoms with Gasteiger partial charge in [0.1, 0.15) is 0 Å². The van der Waals surface area contributed by atoms with Crippen LogP contribution in [0.5, 0.6) is 0 Å². The number of carbonyl (C=O) groups is 2. The maximum absolute atomic E-state index is 11.1. The molecule has 0 aromatic carbocycles. The SMILES string of the molecule is C=C(C)C(=O)N(C)C.C=C(C)C(=O)N(CC)CC. The van der Waals surface area contributed by atoms with Crippen molar-refractivity contribution in [3.05, 3.63) is 24.3 Å². The number of rotatable bonds is 4. The predicted molar refractivity (Wildman–Crippen MR) is 76.3 cm³/mol. The molecule has 0 aromatic rings. The van der Waals surface area contributed by atoms with E-state index in [2.05, 4.69) is 13.2 Å². The summed E-state index contributed by atoms with van der Waals surface area (Å²) in [7, 11) is 3.41. The van der Waals surface area contributed by atoms with Crippen LogP contribution in [0.25, 0.3) is 0 Å². The Balaban J connectivity index is 0. The normalized spacial score (nSPS) is 8.78. The van der Waals surface area contributed by atoms with Gasteiger partial charge in [-0.15, -0.1) is 0 Å². The number of amides is 2. The average Bonchev–Trinajstić information content (AvgIpc) is 2.29. The second kappa shape index (κ2) is 9.45. The zero-order chi connectivity index (χ0) is 14.9. The fraction of sp³-hybridized carbons (Fsp3) is 0.571. The molecule has 0 aliphatic rings. The molecule has 0 aliphatic heterocycles. The zero-order valence-corrected chi connectivity index (χ0v) is 12.5. The predicted octanol–water partition coefficient (Wildman–Crippen LogP) is 2.08. The van der Waals surface area contributed by atoms with Gasteiger partial charge < -0.3 is 9.80 Å². The molecule has 0 aromatic heterocycles. The summed E-state index contributed by atoms with van der Waals surface area (Å²) in [4.78, 5) is 25.1. The lowest BCUT2D eigenvalue weighted by Gasteiger charge is -2.17. The van der Waals surface area contributed by atoms with Crippen LogP contribution in [-0.4, -0.2) is 48.8 Å². The molecule has 0 heterocycles. The highest BCUT2D eigenvalue weighted by molar-refractivity contribution is 5.92. The molecule has 2 amide bonds. The molecule has 0 rings (SSSR count). The van der Waals surface area contributed by atoms with E-state index in [9.17, 15) is 9.59 Å². The van der Waals surface area contributed by atoms with Crippen LogP contribution < -0.4 is 0 Å². The van der Waals surface area contributed by atoms with Crippen LogP contribution in [-0.2, 0) is 9.59 Å². The molecule has 0 unspecified atom stereocenters. The minimum absolute atomic E-state index is 0.00926. The highest BCUT2D eigenvalue weighted by Crippen LogP contribution is 1.96. The van der Waals surface area contributed by atoms with Gasteiger partial charge in [-0.1, -0.05) is 13.2 Å². The van der Waals surface area contributed by atoms with Crippen LogP contribution in [0.3, 0.4) is 0 Å². The third-order valence-electron chi connectivity index (χ3n) is 2.19. The molecule has 0 atom stereocenters. The number of nitrogens with zero attached hydrogens (tertiary/aromatic N) is 2. The lowest BCUT2D eigenvalue weighted by atomic mass is 10.3. The first kappa shape index (κ1) is 18.8. The molecule has 0 fully saturated rings. The van der Waals surface area contributed by atoms with Gasteiger partial charge in [0, 0.05) is 38.3 Å². The van der Waals surface area contributed by atoms with Crippen LogP contribution in [0.15, 0.2) is 24.3 Å². The Kier molecular flexibility index (Phi) is 9.86. The number of carbonyl (C=O) groups excluding carboxylic acids is 2. The van der Waals surface area contributed by atoms with E-state index >= 15 is 0 Å². The Morgan fingerprint density at radius 1 is 0.889 bits per heavy atom. The summed E-state index contributed by atoms with van der Waals surface area (Å²) in [5.74, 6) is 0.0509. The molecule has 104 valence electrons. The first-order valence-electron chi connectivity index (χ1n) is 6.00. The molecular weight excluding hydrogens is 228 g/mol. The Morgan fingerprint density at radius 3 is 1.28 bits per heavy atom. The molecule has 0 N–H and O–H groups in total. The molecule has 4 heteroatoms. The van der Waals surface area contributed by atoms with Gasteiger partial charge in [-0.25, -0.2) is 0 Å². The summed E-state index contributed by atoms with van der Waals surface area (Å²) >= 11 is 0. The maximum atomic E-state index is 11.1. The first-order valence-corrected chi connectivity index (χ1v) is 6.00. The van der Waals surface area contributed by atoms with E-state index in [4.69, 9.17) is 0 Å². The number of hydrogen-bond donors (Lipinski definition) is 0. The van der Waals surface area contributed by atoms with Crippen LogP contribution in [0, 0.1) is 0 Å². The fourth-order valence-corrected chi connectivity index (χ4v) is 1.16. The van der Waals surface area contributed by atoms with Gasteiger partial charge in [-0.2, -0.15) is 0 Å². The van der Waals surface area contributed by atoms with E-state index in [-0.39, 0.29) is 11.8 Å². The van der Waals surface area contributed by atoms with E-state index < -0.39 is 0 Å². The lowest BCUT2D eigenvalue weighted by molar-refractivity contribution is -0.126. The van der Waals surface area contributed by atoms with Crippen molar-refractivity contribution < 1.29 is 9.59 Å². The van der Waals surface area contributed by atoms with Gasteiger partial charge in [0.15, 0.2) is 0 Å². The van der Waals surface area contributed by atoms with E-state index in [1.54, 1.807) is 32.8 Å². The van der Waals surface area contributed by atoms with Gasteiger partial charge in [0.2, 0.25) is 11.8 Å². The summed E-state index contributed by atoms with van der Waals surface area (Å²) in [6, 6.07) is 0. The zero-order valence-electron chi connectivity index (χ0n) is 12.5. The average molecular weight is 254 g/mol. The summed E-state index contributed by atoms with van der Waals surface area (Å²) in [6.07, 6.45) is 0. The molecule has 0 spiro atoms. The Labute approximate surface area is 111 Å². The van der Waals surface area contributed by atoms with Crippen molar-refractivity contribution in [3.63, 3.8) is 0 Å². The molecule has 4 nitrogen and oxygen atoms in total. The third-order valence-corrected chi connectivity index (χ3v) is 2.19. The smallest absolute Gasteiger partial charge is 0.248 e. The quantitative estimate of drug-likeness (QED) is 0.721. The largest absolute Gasteiger partial charge is 0.345 e. The van der Waals surface area contributed by atoms with Crippen LogP contribution >= 0.6 is 0 Å². The van der Waals surface area contributed by atoms with Crippen molar-refractivity contribution in [3.8, 4) is 0 Å². The lowest BCUT2D eigenvalue weighted by Crippen LogP contribution is -2.30. The topological polar surface area (TPSA) is 40.6 Å². The van der Waals surface area contributed by atoms with E-state index in [1.165, 1.54) is 4.90 Å².